The predicted octanol–water partition coefficient (Wildman–Crippen LogP) is -4.04. The van der Waals surface area contributed by atoms with E-state index in [0.717, 1.165) is 0 Å². The van der Waals surface area contributed by atoms with Crippen LogP contribution in [0.3, 0.4) is 0 Å². The third-order valence-electron chi connectivity index (χ3n) is 6.45. The summed E-state index contributed by atoms with van der Waals surface area (Å²) in [5, 5.41) is 26.9. The lowest BCUT2D eigenvalue weighted by atomic mass is 10.0. The molecule has 0 saturated heterocycles. The van der Waals surface area contributed by atoms with Crippen LogP contribution in [-0.2, 0) is 25.6 Å². The molecule has 3 amide bonds. The number of carbonyl (C=O) groups is 4. The van der Waals surface area contributed by atoms with Crippen LogP contribution in [0.25, 0.3) is 0 Å². The van der Waals surface area contributed by atoms with Gasteiger partial charge in [-0.2, -0.15) is 0 Å². The Morgan fingerprint density at radius 2 is 1.02 bits per heavy atom. The number of nitrogens with two attached hydrogens (primary N) is 7. The molecular weight excluding hydrogens is 602 g/mol. The molecule has 0 radical (unpaired) electrons. The van der Waals surface area contributed by atoms with E-state index in [0.29, 0.717) is 12.0 Å². The molecule has 1 aromatic rings. The van der Waals surface area contributed by atoms with Gasteiger partial charge in [0.15, 0.2) is 17.9 Å². The molecule has 0 saturated carbocycles. The van der Waals surface area contributed by atoms with Gasteiger partial charge in [-0.3, -0.25) is 29.4 Å². The van der Waals surface area contributed by atoms with E-state index in [1.165, 1.54) is 24.3 Å². The highest BCUT2D eigenvalue weighted by molar-refractivity contribution is 5.94. The lowest BCUT2D eigenvalue weighted by Gasteiger charge is -2.25. The largest absolute Gasteiger partial charge is 0.508 e. The molecule has 0 aliphatic carbocycles. The minimum absolute atomic E-state index is 0.00458. The Hall–Kier alpha value is -5.33. The standard InChI is InChI=1S/C27H47N13O6/c28-17(4-1-11-35-25(29)30)21(42)38-18(5-2-12-36-26(31)32)22(43)39-19(6-3-13-37-27(33)34)23(44)40-20(24(45)46)14-15-7-9-16(41)10-8-15/h7-10,17-20,41H,1-6,11-14,28H2,(H,38,42)(H,39,43)(H,40,44)(H,45,46)(H4,29,30,35)(H4,31,32,36)(H4,33,34,37). The number of hydrogen-bond acceptors (Lipinski definition) is 9. The zero-order valence-electron chi connectivity index (χ0n) is 25.6. The van der Waals surface area contributed by atoms with Gasteiger partial charge in [0.1, 0.15) is 23.9 Å². The number of rotatable bonds is 21. The molecule has 256 valence electrons. The van der Waals surface area contributed by atoms with E-state index in [1.54, 1.807) is 0 Å². The number of amides is 3. The number of guanidine groups is 3. The van der Waals surface area contributed by atoms with Gasteiger partial charge in [0.2, 0.25) is 17.7 Å². The third-order valence-corrected chi connectivity index (χ3v) is 6.45. The van der Waals surface area contributed by atoms with Crippen molar-refractivity contribution in [3.63, 3.8) is 0 Å². The van der Waals surface area contributed by atoms with Gasteiger partial charge < -0.3 is 66.3 Å². The first kappa shape index (κ1) is 38.7. The Labute approximate surface area is 266 Å². The van der Waals surface area contributed by atoms with E-state index in [4.69, 9.17) is 40.1 Å². The molecule has 0 aliphatic rings. The van der Waals surface area contributed by atoms with Gasteiger partial charge in [-0.25, -0.2) is 4.79 Å². The van der Waals surface area contributed by atoms with E-state index in [9.17, 15) is 29.4 Å². The fraction of sp³-hybridized carbons (Fsp3) is 0.519. The lowest BCUT2D eigenvalue weighted by molar-refractivity contribution is -0.142. The smallest absolute Gasteiger partial charge is 0.326 e. The summed E-state index contributed by atoms with van der Waals surface area (Å²) in [4.78, 5) is 63.3. The van der Waals surface area contributed by atoms with Gasteiger partial charge in [0.25, 0.3) is 0 Å². The number of aliphatic carboxylic acids is 1. The van der Waals surface area contributed by atoms with Crippen LogP contribution >= 0.6 is 0 Å². The second-order valence-electron chi connectivity index (χ2n) is 10.3. The maximum atomic E-state index is 13.5. The molecule has 0 heterocycles. The second kappa shape index (κ2) is 20.6. The third kappa shape index (κ3) is 16.5. The summed E-state index contributed by atoms with van der Waals surface area (Å²) in [6.45, 7) is 0.546. The van der Waals surface area contributed by atoms with Gasteiger partial charge in [-0.1, -0.05) is 12.1 Å². The number of aromatic hydroxyl groups is 1. The van der Waals surface area contributed by atoms with Crippen molar-refractivity contribution in [2.45, 2.75) is 69.1 Å². The Kier molecular flexibility index (Phi) is 17.3. The number of aliphatic imine (C=N–C) groups is 3. The van der Waals surface area contributed by atoms with Gasteiger partial charge in [0.05, 0.1) is 6.04 Å². The van der Waals surface area contributed by atoms with Crippen LogP contribution in [0.1, 0.15) is 44.1 Å². The number of phenolic OH excluding ortho intramolecular Hbond substituents is 1. The number of benzene rings is 1. The molecule has 4 unspecified atom stereocenters. The van der Waals surface area contributed by atoms with Gasteiger partial charge >= 0.3 is 5.97 Å². The van der Waals surface area contributed by atoms with Gasteiger partial charge in [-0.15, -0.1) is 0 Å². The van der Waals surface area contributed by atoms with Crippen molar-refractivity contribution in [1.82, 2.24) is 16.0 Å². The number of phenols is 1. The molecule has 1 rings (SSSR count). The van der Waals surface area contributed by atoms with Crippen molar-refractivity contribution in [1.29, 1.82) is 0 Å². The Morgan fingerprint density at radius 3 is 1.43 bits per heavy atom. The number of carboxylic acids is 1. The number of carboxylic acid groups (broad SMARTS) is 1. The molecule has 0 aromatic heterocycles. The molecule has 19 nitrogen and oxygen atoms in total. The molecule has 19 heteroatoms. The topological polar surface area (TPSA) is 364 Å². The zero-order valence-corrected chi connectivity index (χ0v) is 25.6. The van der Waals surface area contributed by atoms with Crippen LogP contribution < -0.4 is 56.1 Å². The van der Waals surface area contributed by atoms with Crippen molar-refractivity contribution < 1.29 is 29.4 Å². The number of nitrogens with zero attached hydrogens (tertiary/aromatic N) is 3. The SMILES string of the molecule is NC(N)=NCCCC(N)C(=O)NC(CCCN=C(N)N)C(=O)NC(CCCN=C(N)N)C(=O)NC(Cc1ccc(O)cc1)C(=O)O. The molecule has 0 bridgehead atoms. The summed E-state index contributed by atoms with van der Waals surface area (Å²) in [5.74, 6) is -3.86. The average molecular weight is 650 g/mol. The molecule has 0 fully saturated rings. The first-order chi connectivity index (χ1) is 21.7. The highest BCUT2D eigenvalue weighted by Gasteiger charge is 2.30. The summed E-state index contributed by atoms with van der Waals surface area (Å²) < 4.78 is 0. The van der Waals surface area contributed by atoms with Crippen LogP contribution in [0, 0.1) is 0 Å². The van der Waals surface area contributed by atoms with E-state index in [-0.39, 0.29) is 81.8 Å². The highest BCUT2D eigenvalue weighted by Crippen LogP contribution is 2.12. The van der Waals surface area contributed by atoms with E-state index >= 15 is 0 Å². The summed E-state index contributed by atoms with van der Waals surface area (Å²) in [6.07, 6.45) is 1.16. The summed E-state index contributed by atoms with van der Waals surface area (Å²) in [6, 6.07) is 1.10. The zero-order chi connectivity index (χ0) is 34.6. The van der Waals surface area contributed by atoms with Crippen LogP contribution in [0.5, 0.6) is 5.75 Å². The number of nitrogens with one attached hydrogen (secondary N) is 3. The fourth-order valence-corrected chi connectivity index (χ4v) is 4.09. The molecule has 4 atom stereocenters. The Bertz CT molecular complexity index is 1230. The quantitative estimate of drug-likeness (QED) is 0.0343. The minimum Gasteiger partial charge on any atom is -0.508 e. The first-order valence-electron chi connectivity index (χ1n) is 14.5. The summed E-state index contributed by atoms with van der Waals surface area (Å²) in [7, 11) is 0. The monoisotopic (exact) mass is 649 g/mol. The van der Waals surface area contributed by atoms with Crippen molar-refractivity contribution in [2.75, 3.05) is 19.6 Å². The molecular formula is C27H47N13O6. The molecule has 19 N–H and O–H groups in total. The van der Waals surface area contributed by atoms with Crippen molar-refractivity contribution in [3.05, 3.63) is 29.8 Å². The van der Waals surface area contributed by atoms with Gasteiger partial charge in [0, 0.05) is 26.1 Å². The molecule has 0 spiro atoms. The van der Waals surface area contributed by atoms with Crippen molar-refractivity contribution >= 4 is 41.6 Å². The molecule has 0 aliphatic heterocycles. The summed E-state index contributed by atoms with van der Waals surface area (Å²) >= 11 is 0. The number of hydrogen-bond donors (Lipinski definition) is 12. The maximum Gasteiger partial charge on any atom is 0.326 e. The average Bonchev–Trinajstić information content (AvgIpc) is 2.98. The Morgan fingerprint density at radius 1 is 0.630 bits per heavy atom. The lowest BCUT2D eigenvalue weighted by Crippen LogP contribution is -2.57. The van der Waals surface area contributed by atoms with Crippen LogP contribution in [0.4, 0.5) is 0 Å². The fourth-order valence-electron chi connectivity index (χ4n) is 4.09. The van der Waals surface area contributed by atoms with E-state index < -0.39 is 47.9 Å². The summed E-state index contributed by atoms with van der Waals surface area (Å²) in [5.41, 5.74) is 38.7. The predicted molar refractivity (Wildman–Crippen MR) is 173 cm³/mol. The van der Waals surface area contributed by atoms with Crippen LogP contribution in [0.15, 0.2) is 39.2 Å². The maximum absolute atomic E-state index is 13.5. The molecule has 1 aromatic carbocycles. The van der Waals surface area contributed by atoms with Crippen LogP contribution in [0.2, 0.25) is 0 Å². The van der Waals surface area contributed by atoms with Gasteiger partial charge in [-0.05, 0) is 56.2 Å². The minimum atomic E-state index is -1.36. The molecule has 46 heavy (non-hydrogen) atoms. The normalized spacial score (nSPS) is 13.2. The first-order valence-corrected chi connectivity index (χ1v) is 14.5. The second-order valence-corrected chi connectivity index (χ2v) is 10.3. The number of carbonyl (C=O) groups excluding carboxylic acids is 3. The van der Waals surface area contributed by atoms with Crippen molar-refractivity contribution in [2.24, 2.45) is 55.1 Å². The van der Waals surface area contributed by atoms with E-state index in [1.807, 2.05) is 0 Å². The highest BCUT2D eigenvalue weighted by atomic mass is 16.4. The van der Waals surface area contributed by atoms with E-state index in [2.05, 4.69) is 30.9 Å². The van der Waals surface area contributed by atoms with Crippen LogP contribution in [-0.4, -0.2) is 95.6 Å². The Balaban J connectivity index is 3.12. The van der Waals surface area contributed by atoms with Crippen molar-refractivity contribution in [3.8, 4) is 5.75 Å².